The van der Waals surface area contributed by atoms with Gasteiger partial charge in [-0.05, 0) is 27.7 Å². The van der Waals surface area contributed by atoms with Crippen LogP contribution >= 0.6 is 11.6 Å². The lowest BCUT2D eigenvalue weighted by Crippen LogP contribution is -2.57. The Hall–Kier alpha value is -0.810. The van der Waals surface area contributed by atoms with Crippen LogP contribution in [0.15, 0.2) is 4.42 Å². The molecule has 18 heavy (non-hydrogen) atoms. The minimum Gasteiger partial charge on any atom is -0.408 e. The van der Waals surface area contributed by atoms with Gasteiger partial charge in [0.2, 0.25) is 5.89 Å². The van der Waals surface area contributed by atoms with Crippen LogP contribution in [0.5, 0.6) is 0 Å². The van der Waals surface area contributed by atoms with Crippen LogP contribution in [0.2, 0.25) is 0 Å². The molecule has 0 atom stereocenters. The maximum atomic E-state index is 6.01. The summed E-state index contributed by atoms with van der Waals surface area (Å²) in [5.41, 5.74) is -0.467. The van der Waals surface area contributed by atoms with Gasteiger partial charge in [0.05, 0.1) is 24.3 Å². The number of ether oxygens (including phenoxy) is 1. The van der Waals surface area contributed by atoms with E-state index < -0.39 is 0 Å². The van der Waals surface area contributed by atoms with Gasteiger partial charge in [-0.1, -0.05) is 5.10 Å². The Morgan fingerprint density at radius 2 is 1.78 bits per heavy atom. The molecule has 6 heteroatoms. The highest BCUT2D eigenvalue weighted by atomic mass is 35.5. The largest absolute Gasteiger partial charge is 0.408 e. The molecule has 0 saturated carbocycles. The van der Waals surface area contributed by atoms with Crippen LogP contribution in [0.4, 0.5) is 6.01 Å². The van der Waals surface area contributed by atoms with Gasteiger partial charge in [-0.25, -0.2) is 0 Å². The molecule has 0 N–H and O–H groups in total. The Balaban J connectivity index is 2.16. The third-order valence-electron chi connectivity index (χ3n) is 2.73. The van der Waals surface area contributed by atoms with Crippen LogP contribution in [-0.4, -0.2) is 40.4 Å². The molecule has 0 unspecified atom stereocenters. The Labute approximate surface area is 112 Å². The summed E-state index contributed by atoms with van der Waals surface area (Å²) >= 11 is 5.66. The van der Waals surface area contributed by atoms with Crippen LogP contribution < -0.4 is 4.90 Å². The van der Waals surface area contributed by atoms with Crippen molar-refractivity contribution >= 4 is 17.6 Å². The third kappa shape index (κ3) is 3.14. The summed E-state index contributed by atoms with van der Waals surface area (Å²) in [7, 11) is 0. The van der Waals surface area contributed by atoms with Crippen LogP contribution in [-0.2, 0) is 11.2 Å². The molecule has 1 saturated heterocycles. The number of anilines is 1. The van der Waals surface area contributed by atoms with Crippen LogP contribution in [0, 0.1) is 0 Å². The number of hydrogen-bond acceptors (Lipinski definition) is 5. The number of alkyl halides is 1. The fourth-order valence-electron chi connectivity index (χ4n) is 2.48. The molecule has 2 heterocycles. The Kier molecular flexibility index (Phi) is 3.56. The van der Waals surface area contributed by atoms with E-state index in [1.54, 1.807) is 0 Å². The first-order valence-corrected chi connectivity index (χ1v) is 6.68. The fraction of sp³-hybridized carbons (Fsp3) is 0.833. The van der Waals surface area contributed by atoms with Gasteiger partial charge < -0.3 is 14.1 Å². The molecule has 0 spiro atoms. The van der Waals surface area contributed by atoms with Gasteiger partial charge in [-0.3, -0.25) is 0 Å². The number of rotatable bonds is 3. The van der Waals surface area contributed by atoms with E-state index in [1.807, 2.05) is 0 Å². The minimum absolute atomic E-state index is 0.233. The zero-order valence-electron chi connectivity index (χ0n) is 11.4. The van der Waals surface area contributed by atoms with Crippen LogP contribution in [0.3, 0.4) is 0 Å². The van der Waals surface area contributed by atoms with E-state index in [0.717, 1.165) is 13.1 Å². The van der Waals surface area contributed by atoms with Crippen molar-refractivity contribution in [1.29, 1.82) is 0 Å². The van der Waals surface area contributed by atoms with Crippen molar-refractivity contribution < 1.29 is 9.15 Å². The quantitative estimate of drug-likeness (QED) is 0.791. The minimum atomic E-state index is -0.233. The highest BCUT2D eigenvalue weighted by Crippen LogP contribution is 2.30. The second-order valence-electron chi connectivity index (χ2n) is 5.89. The summed E-state index contributed by atoms with van der Waals surface area (Å²) in [5.74, 6) is 1.07. The molecule has 2 rings (SSSR count). The zero-order chi connectivity index (χ0) is 13.4. The van der Waals surface area contributed by atoms with Crippen molar-refractivity contribution in [2.24, 2.45) is 0 Å². The van der Waals surface area contributed by atoms with Gasteiger partial charge >= 0.3 is 6.01 Å². The molecule has 5 nitrogen and oxygen atoms in total. The maximum absolute atomic E-state index is 6.01. The molecular formula is C12H20ClN3O2. The summed E-state index contributed by atoms with van der Waals surface area (Å²) in [6, 6.07) is 0.555. The fourth-order valence-corrected chi connectivity index (χ4v) is 2.64. The summed E-state index contributed by atoms with van der Waals surface area (Å²) in [6.45, 7) is 9.74. The smallest absolute Gasteiger partial charge is 0.318 e. The summed E-state index contributed by atoms with van der Waals surface area (Å²) in [5, 5.41) is 8.08. The molecular weight excluding hydrogens is 254 g/mol. The van der Waals surface area contributed by atoms with E-state index in [9.17, 15) is 0 Å². The zero-order valence-corrected chi connectivity index (χ0v) is 12.1. The molecule has 1 aromatic rings. The van der Waals surface area contributed by atoms with Crippen molar-refractivity contribution in [2.45, 2.75) is 45.3 Å². The lowest BCUT2D eigenvalue weighted by atomic mass is 9.99. The molecule has 0 aromatic carbocycles. The normalized spacial score (nSPS) is 22.2. The lowest BCUT2D eigenvalue weighted by molar-refractivity contribution is -0.134. The van der Waals surface area contributed by atoms with Gasteiger partial charge in [-0.15, -0.1) is 16.7 Å². The molecule has 0 bridgehead atoms. The molecule has 1 aliphatic heterocycles. The lowest BCUT2D eigenvalue weighted by Gasteiger charge is -2.46. The first-order valence-electron chi connectivity index (χ1n) is 6.15. The second-order valence-corrected chi connectivity index (χ2v) is 6.27. The molecule has 0 amide bonds. The predicted molar refractivity (Wildman–Crippen MR) is 70.2 cm³/mol. The Morgan fingerprint density at radius 3 is 2.33 bits per heavy atom. The SMILES string of the molecule is CC1(C)CN(c2nnc(CCCl)o2)CC(C)(C)O1. The van der Waals surface area contributed by atoms with Crippen LogP contribution in [0.1, 0.15) is 33.6 Å². The van der Waals surface area contributed by atoms with Crippen molar-refractivity contribution in [1.82, 2.24) is 10.2 Å². The summed E-state index contributed by atoms with van der Waals surface area (Å²) in [6.07, 6.45) is 0.603. The van der Waals surface area contributed by atoms with E-state index in [0.29, 0.717) is 24.2 Å². The molecule has 1 fully saturated rings. The first kappa shape index (κ1) is 13.6. The number of nitrogens with zero attached hydrogens (tertiary/aromatic N) is 3. The summed E-state index contributed by atoms with van der Waals surface area (Å²) < 4.78 is 11.6. The van der Waals surface area contributed by atoms with E-state index in [4.69, 9.17) is 20.8 Å². The first-order chi connectivity index (χ1) is 8.31. The molecule has 1 aromatic heterocycles. The van der Waals surface area contributed by atoms with Crippen LogP contribution in [0.25, 0.3) is 0 Å². The number of halogens is 1. The van der Waals surface area contributed by atoms with Gasteiger partial charge in [0, 0.05) is 12.3 Å². The van der Waals surface area contributed by atoms with Gasteiger partial charge in [-0.2, -0.15) is 0 Å². The highest BCUT2D eigenvalue weighted by Gasteiger charge is 2.39. The van der Waals surface area contributed by atoms with Crippen molar-refractivity contribution in [3.8, 4) is 0 Å². The van der Waals surface area contributed by atoms with E-state index in [2.05, 4.69) is 42.8 Å². The monoisotopic (exact) mass is 273 g/mol. The number of hydrogen-bond donors (Lipinski definition) is 0. The van der Waals surface area contributed by atoms with Gasteiger partial charge in [0.15, 0.2) is 0 Å². The van der Waals surface area contributed by atoms with Crippen molar-refractivity contribution in [2.75, 3.05) is 23.9 Å². The molecule has 0 radical (unpaired) electrons. The topological polar surface area (TPSA) is 51.4 Å². The van der Waals surface area contributed by atoms with Crippen molar-refractivity contribution in [3.63, 3.8) is 0 Å². The highest BCUT2D eigenvalue weighted by molar-refractivity contribution is 6.17. The second kappa shape index (κ2) is 4.70. The van der Waals surface area contributed by atoms with E-state index >= 15 is 0 Å². The standard InChI is InChI=1S/C12H20ClN3O2/c1-11(2)7-16(8-12(3,4)18-11)10-15-14-9(17-10)5-6-13/h5-8H2,1-4H3. The number of morpholine rings is 1. The number of aryl methyl sites for hydroxylation is 1. The van der Waals surface area contributed by atoms with E-state index in [1.165, 1.54) is 0 Å². The average Bonchev–Trinajstić information content (AvgIpc) is 2.62. The molecule has 0 aliphatic carbocycles. The predicted octanol–water partition coefficient (Wildman–Crippen LogP) is 2.24. The Bertz CT molecular complexity index is 401. The molecule has 102 valence electrons. The average molecular weight is 274 g/mol. The third-order valence-corrected chi connectivity index (χ3v) is 2.92. The van der Waals surface area contributed by atoms with Crippen molar-refractivity contribution in [3.05, 3.63) is 5.89 Å². The van der Waals surface area contributed by atoms with Gasteiger partial charge in [0.1, 0.15) is 0 Å². The molecule has 1 aliphatic rings. The summed E-state index contributed by atoms with van der Waals surface area (Å²) in [4.78, 5) is 2.08. The Morgan fingerprint density at radius 1 is 1.17 bits per heavy atom. The number of aromatic nitrogens is 2. The maximum Gasteiger partial charge on any atom is 0.318 e. The van der Waals surface area contributed by atoms with E-state index in [-0.39, 0.29) is 11.2 Å². The van der Waals surface area contributed by atoms with Gasteiger partial charge in [0.25, 0.3) is 0 Å².